The number of nitrogens with two attached hydrogens (primary N) is 3. The third-order valence-electron chi connectivity index (χ3n) is 16.2. The van der Waals surface area contributed by atoms with Gasteiger partial charge in [0.25, 0.3) is 0 Å². The second kappa shape index (κ2) is 33.7. The lowest BCUT2D eigenvalue weighted by atomic mass is 10.0. The molecule has 3 aliphatic heterocycles. The molecular weight excluding hydrogens is 1160 g/mol. The number of nitrogens with zero attached hydrogens (tertiary/aromatic N) is 3. The van der Waals surface area contributed by atoms with Crippen molar-refractivity contribution in [3.8, 4) is 0 Å². The largest absolute Gasteiger partial charge is 0.370 e. The predicted octanol–water partition coefficient (Wildman–Crippen LogP) is -2.51. The number of para-hydroxylation sites is 1. The van der Waals surface area contributed by atoms with Crippen LogP contribution in [0.15, 0.2) is 73.3 Å². The van der Waals surface area contributed by atoms with E-state index in [-0.39, 0.29) is 109 Å². The molecule has 5 heterocycles. The van der Waals surface area contributed by atoms with E-state index in [2.05, 4.69) is 68.1 Å². The summed E-state index contributed by atoms with van der Waals surface area (Å²) in [6, 6.07) is 4.76. The first-order valence-electron chi connectivity index (χ1n) is 30.7. The van der Waals surface area contributed by atoms with Gasteiger partial charge in [0.05, 0.1) is 6.33 Å². The van der Waals surface area contributed by atoms with E-state index in [1.807, 2.05) is 18.2 Å². The van der Waals surface area contributed by atoms with Gasteiger partial charge >= 0.3 is 0 Å². The zero-order valence-electron chi connectivity index (χ0n) is 50.6. The average molecular weight is 1250 g/mol. The number of rotatable bonds is 23. The number of hydrogen-bond acceptors (Lipinski definition) is 14. The van der Waals surface area contributed by atoms with E-state index >= 15 is 4.79 Å². The second-order valence-corrected chi connectivity index (χ2v) is 22.9. The van der Waals surface area contributed by atoms with Crippen LogP contribution in [-0.2, 0) is 67.2 Å². The summed E-state index contributed by atoms with van der Waals surface area (Å²) in [6.07, 6.45) is 7.30. The van der Waals surface area contributed by atoms with Crippen molar-refractivity contribution in [2.75, 3.05) is 39.3 Å². The predicted molar refractivity (Wildman–Crippen MR) is 332 cm³/mol. The number of guanidine groups is 2. The molecule has 2 aromatic heterocycles. The highest BCUT2D eigenvalue weighted by Gasteiger charge is 2.45. The van der Waals surface area contributed by atoms with Gasteiger partial charge < -0.3 is 90.1 Å². The molecule has 0 saturated carbocycles. The zero-order valence-corrected chi connectivity index (χ0v) is 50.6. The summed E-state index contributed by atoms with van der Waals surface area (Å²) in [5, 5.41) is 43.5. The molecule has 9 atom stereocenters. The maximum absolute atomic E-state index is 15.1. The van der Waals surface area contributed by atoms with Crippen LogP contribution in [0.3, 0.4) is 0 Å². The Labute approximate surface area is 521 Å². The van der Waals surface area contributed by atoms with Crippen molar-refractivity contribution >= 4 is 81.9 Å². The Hall–Kier alpha value is -9.61. The number of unbranched alkanes of at least 4 members (excludes halogenated alkanes) is 2. The summed E-state index contributed by atoms with van der Waals surface area (Å²) in [4.78, 5) is 157. The number of carbonyl (C=O) groups is 10. The van der Waals surface area contributed by atoms with Crippen LogP contribution in [0.25, 0.3) is 10.9 Å². The number of fused-ring (bicyclic) bond motifs is 3. The second-order valence-electron chi connectivity index (χ2n) is 22.9. The van der Waals surface area contributed by atoms with Gasteiger partial charge in [-0.05, 0) is 94.2 Å². The Morgan fingerprint density at radius 1 is 0.600 bits per heavy atom. The van der Waals surface area contributed by atoms with Gasteiger partial charge in [0.1, 0.15) is 54.4 Å². The number of aromatic nitrogens is 3. The highest BCUT2D eigenvalue weighted by Crippen LogP contribution is 2.27. The van der Waals surface area contributed by atoms with Gasteiger partial charge in [0.15, 0.2) is 11.9 Å². The highest BCUT2D eigenvalue weighted by atomic mass is 16.2. The maximum atomic E-state index is 15.1. The fraction of sp³-hybridized carbons (Fsp3) is 0.517. The molecule has 20 N–H and O–H groups in total. The monoisotopic (exact) mass is 1250 g/mol. The van der Waals surface area contributed by atoms with Crippen molar-refractivity contribution in [2.24, 2.45) is 17.2 Å². The molecular formula is C60H86N20O10. The van der Waals surface area contributed by atoms with Gasteiger partial charge in [-0.25, -0.2) is 4.98 Å². The smallest absolute Gasteiger partial charge is 0.246 e. The summed E-state index contributed by atoms with van der Waals surface area (Å²) in [5.41, 5.74) is 19.6. The van der Waals surface area contributed by atoms with Crippen LogP contribution in [0.2, 0.25) is 0 Å². The molecule has 0 bridgehead atoms. The van der Waals surface area contributed by atoms with E-state index in [4.69, 9.17) is 28.0 Å². The molecule has 2 aromatic carbocycles. The molecule has 3 fully saturated rings. The molecule has 0 unspecified atom stereocenters. The molecule has 3 aliphatic rings. The molecule has 10 amide bonds. The summed E-state index contributed by atoms with van der Waals surface area (Å²) < 4.78 is 0. The molecule has 0 spiro atoms. The third-order valence-corrected chi connectivity index (χ3v) is 16.2. The number of H-pyrrole nitrogens is 2. The quantitative estimate of drug-likeness (QED) is 0.0207. The van der Waals surface area contributed by atoms with Crippen LogP contribution in [0.4, 0.5) is 0 Å². The van der Waals surface area contributed by atoms with Crippen molar-refractivity contribution in [3.63, 3.8) is 0 Å². The number of aromatic amines is 2. The first kappa shape index (κ1) is 67.9. The van der Waals surface area contributed by atoms with E-state index in [1.54, 1.807) is 42.6 Å². The van der Waals surface area contributed by atoms with Crippen LogP contribution in [-0.4, -0.2) is 189 Å². The van der Waals surface area contributed by atoms with Gasteiger partial charge in [-0.15, -0.1) is 0 Å². The molecule has 30 nitrogen and oxygen atoms in total. The Morgan fingerprint density at radius 3 is 1.78 bits per heavy atom. The Bertz CT molecular complexity index is 3160. The first-order valence-corrected chi connectivity index (χ1v) is 30.7. The molecule has 7 rings (SSSR count). The number of imidazole rings is 1. The number of carbonyl (C=O) groups excluding carboxylic acids is 10. The van der Waals surface area contributed by atoms with Gasteiger partial charge in [-0.1, -0.05) is 48.5 Å². The summed E-state index contributed by atoms with van der Waals surface area (Å²) in [6.45, 7) is 1.72. The normalized spacial score (nSPS) is 22.7. The van der Waals surface area contributed by atoms with Crippen LogP contribution < -0.4 is 70.4 Å². The van der Waals surface area contributed by atoms with E-state index in [1.165, 1.54) is 29.2 Å². The lowest BCUT2D eigenvalue weighted by Crippen LogP contribution is -2.62. The minimum atomic E-state index is -1.50. The Balaban J connectivity index is 1.23. The van der Waals surface area contributed by atoms with Crippen molar-refractivity contribution in [1.82, 2.24) is 77.9 Å². The Morgan fingerprint density at radius 2 is 1.13 bits per heavy atom. The van der Waals surface area contributed by atoms with Gasteiger partial charge in [-0.3, -0.25) is 58.8 Å². The zero-order chi connectivity index (χ0) is 64.7. The maximum Gasteiger partial charge on any atom is 0.246 e. The fourth-order valence-electron chi connectivity index (χ4n) is 11.5. The van der Waals surface area contributed by atoms with E-state index in [0.29, 0.717) is 49.0 Å². The minimum absolute atomic E-state index is 0.00805. The average Bonchev–Trinajstić information content (AvgIpc) is 1.79. The SMILES string of the molecule is CC(=O)N[C@@H](CCCNC(=N)N)C(=O)NCCCC[C@@H]1NC(=O)[C@H](CN)NC(=O)[C@H](Cc2c[nH]c3ccccc23)NC(=O)[C@H](CCCCNC(=N)N)NC(=O)[C@@H](Cc2ccccc2)NC(=O)[C@H](Cc2cnc[nH]2)NC(=O)[C@@H]2CCCN2C(=O)[C@H]2CCCN2C1=O. The molecule has 90 heavy (non-hydrogen) atoms. The van der Waals surface area contributed by atoms with Crippen molar-refractivity contribution < 1.29 is 47.9 Å². The first-order chi connectivity index (χ1) is 43.3. The van der Waals surface area contributed by atoms with Crippen LogP contribution in [0.1, 0.15) is 101 Å². The minimum Gasteiger partial charge on any atom is -0.370 e. The molecule has 0 radical (unpaired) electrons. The molecule has 3 saturated heterocycles. The van der Waals surface area contributed by atoms with Gasteiger partial charge in [0.2, 0.25) is 59.1 Å². The number of benzene rings is 2. The molecule has 0 aliphatic carbocycles. The van der Waals surface area contributed by atoms with Crippen LogP contribution in [0, 0.1) is 10.8 Å². The van der Waals surface area contributed by atoms with Gasteiger partial charge in [0, 0.05) is 94.4 Å². The summed E-state index contributed by atoms with van der Waals surface area (Å²) in [7, 11) is 0. The molecule has 486 valence electrons. The van der Waals surface area contributed by atoms with E-state index in [9.17, 15) is 43.2 Å². The number of amides is 10. The number of hydrogen-bond donors (Lipinski definition) is 17. The Kier molecular flexibility index (Phi) is 25.4. The standard InChI is InChI=1S/C60H86N20O10/c1-35(81)72-41(20-11-25-69-60(64)65)50(82)67-23-9-8-19-43-57(89)80-27-13-22-49(80)58(90)79-26-12-21-48(79)56(88)77-46(30-38-33-66-34-71-38)54(86)75-44(28-36-14-3-2-4-15-36)52(84)73-42(18-7-10-24-68-59(62)63)51(83)76-45(53(85)78-47(31-61)55(87)74-43)29-37-32-70-40-17-6-5-16-39(37)40/h2-6,14-17,32-34,41-49,70H,7-13,18-31,61H2,1H3,(H,66,71)(H,67,82)(H,72,81)(H,73,84)(H,74,87)(H,75,86)(H,76,83)(H,77,88)(H,78,85)(H4,62,63,68)(H4,64,65,69)/t41-,42-,43-,44+,45-,46-,47-,48-,49+/m0/s1. The van der Waals surface area contributed by atoms with Crippen LogP contribution in [0.5, 0.6) is 0 Å². The van der Waals surface area contributed by atoms with E-state index < -0.39 is 120 Å². The van der Waals surface area contributed by atoms with Crippen molar-refractivity contribution in [1.29, 1.82) is 10.8 Å². The molecule has 4 aromatic rings. The van der Waals surface area contributed by atoms with Crippen molar-refractivity contribution in [3.05, 3.63) is 90.1 Å². The highest BCUT2D eigenvalue weighted by molar-refractivity contribution is 6.00. The summed E-state index contributed by atoms with van der Waals surface area (Å²) >= 11 is 0. The summed E-state index contributed by atoms with van der Waals surface area (Å²) in [5.74, 6) is -7.25. The number of nitrogens with one attached hydrogen (secondary N) is 14. The van der Waals surface area contributed by atoms with E-state index in [0.717, 1.165) is 10.9 Å². The van der Waals surface area contributed by atoms with Crippen molar-refractivity contribution in [2.45, 2.75) is 158 Å². The molecule has 30 heteroatoms. The van der Waals surface area contributed by atoms with Crippen LogP contribution >= 0.6 is 0 Å². The topological polar surface area (TPSA) is 468 Å². The lowest BCUT2D eigenvalue weighted by molar-refractivity contribution is -0.148. The lowest BCUT2D eigenvalue weighted by Gasteiger charge is -2.34. The van der Waals surface area contributed by atoms with Gasteiger partial charge in [-0.2, -0.15) is 0 Å². The third kappa shape index (κ3) is 19.7. The fourth-order valence-corrected chi connectivity index (χ4v) is 11.5.